The third kappa shape index (κ3) is 2.08. The van der Waals surface area contributed by atoms with E-state index in [2.05, 4.69) is 22.4 Å². The van der Waals surface area contributed by atoms with E-state index < -0.39 is 34.8 Å². The average molecular weight is 299 g/mol. The first kappa shape index (κ1) is 12.9. The Morgan fingerprint density at radius 3 is 1.89 bits per heavy atom. The molecule has 1 aromatic carbocycles. The molecule has 0 bridgehead atoms. The molecule has 2 aromatic rings. The molecule has 0 radical (unpaired) electrons. The lowest BCUT2D eigenvalue weighted by atomic mass is 10.2. The summed E-state index contributed by atoms with van der Waals surface area (Å²) in [6, 6.07) is 0. The molecule has 0 saturated heterocycles. The smallest absolute Gasteiger partial charge is 0.208 e. The minimum Gasteiger partial charge on any atom is -0.325 e. The highest BCUT2D eigenvalue weighted by molar-refractivity contribution is 7.73. The lowest BCUT2D eigenvalue weighted by molar-refractivity contribution is 0.382. The minimum atomic E-state index is -2.22. The predicted molar refractivity (Wildman–Crippen MR) is 56.8 cm³/mol. The number of anilines is 2. The number of H-pyrrole nitrogens is 1. The number of rotatable bonds is 2. The number of benzene rings is 1. The second-order valence-electron chi connectivity index (χ2n) is 2.99. The second kappa shape index (κ2) is 4.61. The van der Waals surface area contributed by atoms with Crippen molar-refractivity contribution in [2.45, 2.75) is 0 Å². The van der Waals surface area contributed by atoms with Gasteiger partial charge in [0.05, 0.1) is 0 Å². The van der Waals surface area contributed by atoms with Crippen LogP contribution in [-0.2, 0) is 0 Å². The Kier molecular flexibility index (Phi) is 3.30. The van der Waals surface area contributed by atoms with Crippen LogP contribution in [0.5, 0.6) is 0 Å². The normalized spacial score (nSPS) is 10.7. The molecule has 0 atom stereocenters. The fraction of sp³-hybridized carbons (Fsp3) is 0. The molecule has 0 amide bonds. The van der Waals surface area contributed by atoms with Gasteiger partial charge in [0, 0.05) is 0 Å². The molecule has 1 aromatic heterocycles. The van der Waals surface area contributed by atoms with Crippen molar-refractivity contribution in [1.29, 1.82) is 0 Å². The molecule has 96 valence electrons. The van der Waals surface area contributed by atoms with Gasteiger partial charge < -0.3 is 5.32 Å². The molecular formula is C8H2F5N3S2. The molecule has 0 saturated carbocycles. The van der Waals surface area contributed by atoms with E-state index in [1.54, 1.807) is 0 Å². The molecular weight excluding hydrogens is 297 g/mol. The van der Waals surface area contributed by atoms with Crippen molar-refractivity contribution < 1.29 is 22.0 Å². The zero-order chi connectivity index (χ0) is 13.4. The standard InChI is InChI=1S/C8H2F5N3S2/c9-1-2(10)4(12)6(5(13)3(1)11)14-7-15-16-8(17)18-7/h(H,14,15)(H,16,17). The van der Waals surface area contributed by atoms with Crippen LogP contribution in [0.15, 0.2) is 0 Å². The van der Waals surface area contributed by atoms with Crippen LogP contribution in [-0.4, -0.2) is 10.2 Å². The van der Waals surface area contributed by atoms with Crippen LogP contribution in [0.2, 0.25) is 0 Å². The molecule has 2 rings (SSSR count). The van der Waals surface area contributed by atoms with Gasteiger partial charge >= 0.3 is 0 Å². The molecule has 0 aliphatic carbocycles. The van der Waals surface area contributed by atoms with Crippen molar-refractivity contribution in [1.82, 2.24) is 10.2 Å². The molecule has 0 spiro atoms. The van der Waals surface area contributed by atoms with E-state index >= 15 is 0 Å². The van der Waals surface area contributed by atoms with Gasteiger partial charge in [-0.1, -0.05) is 11.3 Å². The number of aromatic amines is 1. The van der Waals surface area contributed by atoms with Crippen LogP contribution in [0, 0.1) is 33.0 Å². The fourth-order valence-corrected chi connectivity index (χ4v) is 1.90. The van der Waals surface area contributed by atoms with Gasteiger partial charge in [-0.2, -0.15) is 0 Å². The first-order chi connectivity index (χ1) is 8.41. The number of hydrogen-bond acceptors (Lipinski definition) is 4. The van der Waals surface area contributed by atoms with E-state index in [-0.39, 0.29) is 9.09 Å². The Bertz CT molecular complexity index is 636. The van der Waals surface area contributed by atoms with Crippen molar-refractivity contribution in [3.8, 4) is 0 Å². The van der Waals surface area contributed by atoms with Crippen LogP contribution in [0.25, 0.3) is 0 Å². The van der Waals surface area contributed by atoms with Crippen LogP contribution in [0.1, 0.15) is 0 Å². The molecule has 10 heteroatoms. The van der Waals surface area contributed by atoms with Gasteiger partial charge in [-0.3, -0.25) is 5.10 Å². The Balaban J connectivity index is 2.54. The summed E-state index contributed by atoms with van der Waals surface area (Å²) in [5.41, 5.74) is -1.18. The minimum absolute atomic E-state index is 0.122. The van der Waals surface area contributed by atoms with E-state index in [1.807, 2.05) is 5.32 Å². The third-order valence-electron chi connectivity index (χ3n) is 1.88. The summed E-state index contributed by atoms with van der Waals surface area (Å²) in [7, 11) is 0. The fourth-order valence-electron chi connectivity index (χ4n) is 1.10. The summed E-state index contributed by atoms with van der Waals surface area (Å²) in [6.45, 7) is 0. The molecule has 0 aliphatic rings. The van der Waals surface area contributed by atoms with Gasteiger partial charge in [-0.05, 0) is 12.2 Å². The first-order valence-electron chi connectivity index (χ1n) is 4.25. The zero-order valence-corrected chi connectivity index (χ0v) is 9.79. The highest BCUT2D eigenvalue weighted by Crippen LogP contribution is 2.30. The Morgan fingerprint density at radius 1 is 0.944 bits per heavy atom. The first-order valence-corrected chi connectivity index (χ1v) is 5.48. The molecule has 3 nitrogen and oxygen atoms in total. The Labute approximate surface area is 105 Å². The lowest BCUT2D eigenvalue weighted by Gasteiger charge is -2.07. The maximum Gasteiger partial charge on any atom is 0.208 e. The number of halogens is 5. The summed E-state index contributed by atoms with van der Waals surface area (Å²) < 4.78 is 65.2. The van der Waals surface area contributed by atoms with Crippen molar-refractivity contribution >= 4 is 34.4 Å². The third-order valence-corrected chi connectivity index (χ3v) is 2.88. The highest BCUT2D eigenvalue weighted by Gasteiger charge is 2.26. The van der Waals surface area contributed by atoms with Crippen molar-refractivity contribution in [2.75, 3.05) is 5.32 Å². The monoisotopic (exact) mass is 299 g/mol. The summed E-state index contributed by atoms with van der Waals surface area (Å²) in [6.07, 6.45) is 0. The van der Waals surface area contributed by atoms with Gasteiger partial charge in [0.15, 0.2) is 27.2 Å². The van der Waals surface area contributed by atoms with Crippen LogP contribution in [0.4, 0.5) is 32.8 Å². The van der Waals surface area contributed by atoms with Crippen molar-refractivity contribution in [3.05, 3.63) is 33.0 Å². The summed E-state index contributed by atoms with van der Waals surface area (Å²) in [5, 5.41) is 7.63. The molecule has 18 heavy (non-hydrogen) atoms. The number of nitrogens with one attached hydrogen (secondary N) is 2. The molecule has 0 aliphatic heterocycles. The lowest BCUT2D eigenvalue weighted by Crippen LogP contribution is -2.06. The molecule has 0 unspecified atom stereocenters. The number of nitrogens with zero attached hydrogens (tertiary/aromatic N) is 1. The Hall–Kier alpha value is -1.55. The van der Waals surface area contributed by atoms with E-state index in [0.717, 1.165) is 11.3 Å². The summed E-state index contributed by atoms with van der Waals surface area (Å²) in [4.78, 5) is 0. The predicted octanol–water partition coefficient (Wildman–Crippen LogP) is 3.64. The summed E-state index contributed by atoms with van der Waals surface area (Å²) in [5.74, 6) is -10.2. The van der Waals surface area contributed by atoms with Gasteiger partial charge in [0.25, 0.3) is 0 Å². The van der Waals surface area contributed by atoms with E-state index in [9.17, 15) is 22.0 Å². The van der Waals surface area contributed by atoms with Crippen molar-refractivity contribution in [2.24, 2.45) is 0 Å². The van der Waals surface area contributed by atoms with E-state index in [4.69, 9.17) is 0 Å². The quantitative estimate of drug-likeness (QED) is 0.385. The van der Waals surface area contributed by atoms with Crippen LogP contribution >= 0.6 is 23.6 Å². The van der Waals surface area contributed by atoms with Crippen LogP contribution < -0.4 is 5.32 Å². The Morgan fingerprint density at radius 2 is 1.44 bits per heavy atom. The molecule has 2 N–H and O–H groups in total. The summed E-state index contributed by atoms with van der Waals surface area (Å²) >= 11 is 5.43. The van der Waals surface area contributed by atoms with Crippen molar-refractivity contribution in [3.63, 3.8) is 0 Å². The maximum atomic E-state index is 13.3. The molecule has 0 fully saturated rings. The SMILES string of the molecule is Fc1c(F)c(F)c(Nc2n[nH]c(=S)s2)c(F)c1F. The number of aromatic nitrogens is 2. The van der Waals surface area contributed by atoms with Crippen LogP contribution in [0.3, 0.4) is 0 Å². The number of hydrogen-bond donors (Lipinski definition) is 2. The average Bonchev–Trinajstić information content (AvgIpc) is 2.75. The van der Waals surface area contributed by atoms with E-state index in [1.165, 1.54) is 0 Å². The zero-order valence-electron chi connectivity index (χ0n) is 8.15. The van der Waals surface area contributed by atoms with Gasteiger partial charge in [0.2, 0.25) is 10.9 Å². The largest absolute Gasteiger partial charge is 0.325 e. The maximum absolute atomic E-state index is 13.3. The second-order valence-corrected chi connectivity index (χ2v) is 4.65. The van der Waals surface area contributed by atoms with Gasteiger partial charge in [-0.15, -0.1) is 5.10 Å². The van der Waals surface area contributed by atoms with Gasteiger partial charge in [0.1, 0.15) is 5.69 Å². The van der Waals surface area contributed by atoms with E-state index in [0.29, 0.717) is 0 Å². The molecule has 1 heterocycles. The topological polar surface area (TPSA) is 40.7 Å². The highest BCUT2D eigenvalue weighted by atomic mass is 32.1. The van der Waals surface area contributed by atoms with Gasteiger partial charge in [-0.25, -0.2) is 22.0 Å².